The van der Waals surface area contributed by atoms with Gasteiger partial charge in [-0.2, -0.15) is 5.10 Å². The summed E-state index contributed by atoms with van der Waals surface area (Å²) in [7, 11) is 4.07. The smallest absolute Gasteiger partial charge is 0.0930 e. The summed E-state index contributed by atoms with van der Waals surface area (Å²) < 4.78 is 7.82. The number of likely N-dealkylation sites (N-methyl/N-ethyl adjacent to an activating group) is 1. The number of aromatic nitrogens is 2. The fraction of sp³-hybridized carbons (Fsp3) is 0.769. The minimum atomic E-state index is -0.339. The van der Waals surface area contributed by atoms with Gasteiger partial charge in [-0.25, -0.2) is 5.43 Å². The lowest BCUT2D eigenvalue weighted by Gasteiger charge is -2.33. The van der Waals surface area contributed by atoms with Gasteiger partial charge < -0.3 is 9.64 Å². The van der Waals surface area contributed by atoms with Crippen LogP contribution in [0.25, 0.3) is 0 Å². The molecule has 0 aliphatic carbocycles. The third-order valence-corrected chi connectivity index (χ3v) is 4.18. The Hall–Kier alpha value is -0.660. The summed E-state index contributed by atoms with van der Waals surface area (Å²) in [6.45, 7) is 4.49. The number of rotatable bonds is 6. The maximum atomic E-state index is 6.33. The van der Waals surface area contributed by atoms with Crippen molar-refractivity contribution in [3.63, 3.8) is 0 Å². The van der Waals surface area contributed by atoms with E-state index >= 15 is 0 Å². The van der Waals surface area contributed by atoms with Crippen molar-refractivity contribution < 1.29 is 4.74 Å². The van der Waals surface area contributed by atoms with E-state index < -0.39 is 0 Å². The molecule has 1 aliphatic rings. The van der Waals surface area contributed by atoms with Gasteiger partial charge in [-0.3, -0.25) is 10.5 Å². The molecule has 1 fully saturated rings. The lowest BCUT2D eigenvalue weighted by Crippen LogP contribution is -2.45. The lowest BCUT2D eigenvalue weighted by atomic mass is 9.91. The minimum absolute atomic E-state index is 0.165. The predicted octanol–water partition coefficient (Wildman–Crippen LogP) is 1.17. The molecule has 1 saturated heterocycles. The summed E-state index contributed by atoms with van der Waals surface area (Å²) >= 11 is 6.33. The molecule has 1 aromatic rings. The molecular formula is C13H24ClN5O. The molecule has 3 N–H and O–H groups in total. The summed E-state index contributed by atoms with van der Waals surface area (Å²) in [5.74, 6) is 5.78. The molecule has 20 heavy (non-hydrogen) atoms. The summed E-state index contributed by atoms with van der Waals surface area (Å²) in [6, 6.07) is -0.165. The van der Waals surface area contributed by atoms with Gasteiger partial charge >= 0.3 is 0 Å². The molecule has 0 saturated carbocycles. The number of ether oxygens (including phenoxy) is 1. The second-order valence-corrected chi connectivity index (χ2v) is 6.18. The Labute approximate surface area is 125 Å². The molecule has 7 heteroatoms. The predicted molar refractivity (Wildman–Crippen MR) is 79.4 cm³/mol. The number of hydrogen-bond donors (Lipinski definition) is 2. The first kappa shape index (κ1) is 15.7. The van der Waals surface area contributed by atoms with E-state index in [9.17, 15) is 0 Å². The van der Waals surface area contributed by atoms with Crippen molar-refractivity contribution in [2.24, 2.45) is 5.84 Å². The van der Waals surface area contributed by atoms with Crippen molar-refractivity contribution in [3.05, 3.63) is 16.9 Å². The van der Waals surface area contributed by atoms with E-state index in [1.54, 1.807) is 6.20 Å². The van der Waals surface area contributed by atoms with Gasteiger partial charge in [0.25, 0.3) is 0 Å². The van der Waals surface area contributed by atoms with Gasteiger partial charge in [0.05, 0.1) is 35.1 Å². The highest BCUT2D eigenvalue weighted by Gasteiger charge is 2.41. The SMILES string of the molecule is CN(C)CCn1ncc(Cl)c1C(NN)C1(C)CCCO1. The van der Waals surface area contributed by atoms with Crippen molar-refractivity contribution in [2.45, 2.75) is 38.0 Å². The largest absolute Gasteiger partial charge is 0.373 e. The van der Waals surface area contributed by atoms with Crippen LogP contribution in [0, 0.1) is 0 Å². The maximum Gasteiger partial charge on any atom is 0.0930 e. The normalized spacial score (nSPS) is 24.5. The van der Waals surface area contributed by atoms with Crippen LogP contribution in [0.4, 0.5) is 0 Å². The maximum absolute atomic E-state index is 6.33. The second-order valence-electron chi connectivity index (χ2n) is 5.77. The molecule has 2 atom stereocenters. The van der Waals surface area contributed by atoms with Crippen LogP contribution in [0.3, 0.4) is 0 Å². The highest BCUT2D eigenvalue weighted by Crippen LogP contribution is 2.39. The van der Waals surface area contributed by atoms with E-state index in [1.807, 2.05) is 18.8 Å². The molecule has 114 valence electrons. The molecule has 6 nitrogen and oxygen atoms in total. The highest BCUT2D eigenvalue weighted by atomic mass is 35.5. The van der Waals surface area contributed by atoms with Crippen LogP contribution < -0.4 is 11.3 Å². The van der Waals surface area contributed by atoms with E-state index in [-0.39, 0.29) is 11.6 Å². The Balaban J connectivity index is 2.26. The Bertz CT molecular complexity index is 442. The summed E-state index contributed by atoms with van der Waals surface area (Å²) in [5, 5.41) is 4.99. The average Bonchev–Trinajstić information content (AvgIpc) is 2.97. The summed E-state index contributed by atoms with van der Waals surface area (Å²) in [4.78, 5) is 2.11. The number of hydrazine groups is 1. The molecule has 0 radical (unpaired) electrons. The number of nitrogens with one attached hydrogen (secondary N) is 1. The Morgan fingerprint density at radius 3 is 2.95 bits per heavy atom. The first-order chi connectivity index (χ1) is 9.48. The summed E-state index contributed by atoms with van der Waals surface area (Å²) in [6.07, 6.45) is 3.67. The first-order valence-electron chi connectivity index (χ1n) is 6.94. The van der Waals surface area contributed by atoms with Gasteiger partial charge in [-0.05, 0) is 33.9 Å². The average molecular weight is 302 g/mol. The summed E-state index contributed by atoms with van der Waals surface area (Å²) in [5.41, 5.74) is 3.44. The molecule has 0 aromatic carbocycles. The molecule has 0 bridgehead atoms. The van der Waals surface area contributed by atoms with E-state index in [4.69, 9.17) is 22.2 Å². The zero-order valence-electron chi connectivity index (χ0n) is 12.4. The van der Waals surface area contributed by atoms with Crippen molar-refractivity contribution in [1.82, 2.24) is 20.1 Å². The van der Waals surface area contributed by atoms with Crippen LogP contribution >= 0.6 is 11.6 Å². The van der Waals surface area contributed by atoms with Crippen LogP contribution in [-0.4, -0.2) is 47.5 Å². The van der Waals surface area contributed by atoms with Crippen LogP contribution in [0.1, 0.15) is 31.5 Å². The van der Waals surface area contributed by atoms with E-state index in [0.717, 1.165) is 38.2 Å². The van der Waals surface area contributed by atoms with Crippen molar-refractivity contribution >= 4 is 11.6 Å². The van der Waals surface area contributed by atoms with Gasteiger partial charge in [0.15, 0.2) is 0 Å². The Morgan fingerprint density at radius 1 is 1.65 bits per heavy atom. The van der Waals surface area contributed by atoms with Crippen LogP contribution in [-0.2, 0) is 11.3 Å². The molecule has 1 aliphatic heterocycles. The molecule has 0 spiro atoms. The molecule has 0 amide bonds. The van der Waals surface area contributed by atoms with E-state index in [0.29, 0.717) is 5.02 Å². The van der Waals surface area contributed by atoms with Crippen LogP contribution in [0.5, 0.6) is 0 Å². The standard InChI is InChI=1S/C13H24ClN5O/c1-13(5-4-8-20-13)12(17-15)11-10(14)9-16-19(11)7-6-18(2)3/h9,12,17H,4-8,15H2,1-3H3. The van der Waals surface area contributed by atoms with Crippen LogP contribution in [0.15, 0.2) is 6.20 Å². The van der Waals surface area contributed by atoms with Gasteiger partial charge in [0, 0.05) is 13.2 Å². The van der Waals surface area contributed by atoms with Gasteiger partial charge in [0.1, 0.15) is 0 Å². The van der Waals surface area contributed by atoms with Gasteiger partial charge in [-0.15, -0.1) is 0 Å². The number of hydrogen-bond acceptors (Lipinski definition) is 5. The Morgan fingerprint density at radius 2 is 2.40 bits per heavy atom. The zero-order chi connectivity index (χ0) is 14.8. The molecule has 2 unspecified atom stereocenters. The fourth-order valence-electron chi connectivity index (χ4n) is 2.70. The third kappa shape index (κ3) is 3.15. The zero-order valence-corrected chi connectivity index (χ0v) is 13.2. The van der Waals surface area contributed by atoms with E-state index in [2.05, 4.69) is 22.3 Å². The number of halogens is 1. The second kappa shape index (κ2) is 6.41. The first-order valence-corrected chi connectivity index (χ1v) is 7.32. The highest BCUT2D eigenvalue weighted by molar-refractivity contribution is 6.31. The number of nitrogens with two attached hydrogens (primary N) is 1. The van der Waals surface area contributed by atoms with E-state index in [1.165, 1.54) is 0 Å². The van der Waals surface area contributed by atoms with Crippen LogP contribution in [0.2, 0.25) is 5.02 Å². The molecule has 1 aromatic heterocycles. The third-order valence-electron chi connectivity index (χ3n) is 3.89. The van der Waals surface area contributed by atoms with Crippen molar-refractivity contribution in [1.29, 1.82) is 0 Å². The lowest BCUT2D eigenvalue weighted by molar-refractivity contribution is -0.0149. The van der Waals surface area contributed by atoms with Crippen molar-refractivity contribution in [3.8, 4) is 0 Å². The number of nitrogens with zero attached hydrogens (tertiary/aromatic N) is 3. The topological polar surface area (TPSA) is 68.3 Å². The molecule has 2 heterocycles. The molecule has 2 rings (SSSR count). The fourth-order valence-corrected chi connectivity index (χ4v) is 2.95. The quantitative estimate of drug-likeness (QED) is 0.610. The monoisotopic (exact) mass is 301 g/mol. The molecular weight excluding hydrogens is 278 g/mol. The minimum Gasteiger partial charge on any atom is -0.373 e. The van der Waals surface area contributed by atoms with Crippen molar-refractivity contribution in [2.75, 3.05) is 27.2 Å². The van der Waals surface area contributed by atoms with Gasteiger partial charge in [-0.1, -0.05) is 11.6 Å². The Kier molecular flexibility index (Phi) is 5.04. The van der Waals surface area contributed by atoms with Gasteiger partial charge in [0.2, 0.25) is 0 Å².